The van der Waals surface area contributed by atoms with Crippen molar-refractivity contribution in [3.63, 3.8) is 0 Å². The normalized spacial score (nSPS) is 11.1. The van der Waals surface area contributed by atoms with Crippen LogP contribution in [0, 0.1) is 12.7 Å². The number of rotatable bonds is 2. The van der Waals surface area contributed by atoms with Gasteiger partial charge < -0.3 is 0 Å². The van der Waals surface area contributed by atoms with Crippen molar-refractivity contribution in [2.24, 2.45) is 7.05 Å². The van der Waals surface area contributed by atoms with Gasteiger partial charge in [0, 0.05) is 18.2 Å². The van der Waals surface area contributed by atoms with E-state index in [0.29, 0.717) is 17.1 Å². The molecule has 24 heavy (non-hydrogen) atoms. The second-order valence-corrected chi connectivity index (χ2v) is 5.65. The van der Waals surface area contributed by atoms with Crippen LogP contribution in [0.5, 0.6) is 0 Å². The van der Waals surface area contributed by atoms with Gasteiger partial charge in [0.15, 0.2) is 5.82 Å². The van der Waals surface area contributed by atoms with E-state index in [1.165, 1.54) is 6.07 Å². The van der Waals surface area contributed by atoms with Gasteiger partial charge in [-0.2, -0.15) is 5.10 Å². The predicted molar refractivity (Wildman–Crippen MR) is 91.9 cm³/mol. The lowest BCUT2D eigenvalue weighted by Crippen LogP contribution is -1.99. The molecular formula is C19H15FN4. The first-order chi connectivity index (χ1) is 11.6. The Kier molecular flexibility index (Phi) is 3.34. The molecule has 2 aromatic heterocycles. The van der Waals surface area contributed by atoms with Crippen LogP contribution in [0.25, 0.3) is 33.7 Å². The van der Waals surface area contributed by atoms with Crippen LogP contribution in [-0.4, -0.2) is 19.7 Å². The summed E-state index contributed by atoms with van der Waals surface area (Å²) in [6, 6.07) is 16.3. The van der Waals surface area contributed by atoms with E-state index in [1.807, 2.05) is 44.3 Å². The second kappa shape index (κ2) is 5.53. The van der Waals surface area contributed by atoms with Gasteiger partial charge in [-0.25, -0.2) is 14.4 Å². The van der Waals surface area contributed by atoms with Gasteiger partial charge in [0.25, 0.3) is 0 Å². The summed E-state index contributed by atoms with van der Waals surface area (Å²) in [6.07, 6.45) is 0. The molecular weight excluding hydrogens is 303 g/mol. The van der Waals surface area contributed by atoms with Crippen molar-refractivity contribution in [1.82, 2.24) is 19.7 Å². The molecule has 0 aliphatic heterocycles. The minimum atomic E-state index is -0.310. The molecule has 0 saturated carbocycles. The zero-order valence-corrected chi connectivity index (χ0v) is 13.4. The number of hydrogen-bond donors (Lipinski definition) is 0. The third kappa shape index (κ3) is 2.25. The van der Waals surface area contributed by atoms with Crippen LogP contribution < -0.4 is 0 Å². The van der Waals surface area contributed by atoms with Crippen molar-refractivity contribution < 1.29 is 4.39 Å². The molecule has 4 rings (SSSR count). The topological polar surface area (TPSA) is 43.6 Å². The molecule has 4 nitrogen and oxygen atoms in total. The highest BCUT2D eigenvalue weighted by Gasteiger charge is 2.19. The van der Waals surface area contributed by atoms with E-state index in [4.69, 9.17) is 0 Å². The van der Waals surface area contributed by atoms with Crippen molar-refractivity contribution >= 4 is 11.0 Å². The number of hydrogen-bond acceptors (Lipinski definition) is 3. The summed E-state index contributed by atoms with van der Waals surface area (Å²) >= 11 is 0. The van der Waals surface area contributed by atoms with Gasteiger partial charge in [-0.05, 0) is 19.1 Å². The van der Waals surface area contributed by atoms with Crippen molar-refractivity contribution in [3.8, 4) is 22.6 Å². The Bertz CT molecular complexity index is 1040. The van der Waals surface area contributed by atoms with Crippen LogP contribution in [-0.2, 0) is 7.05 Å². The minimum absolute atomic E-state index is 0.310. The highest BCUT2D eigenvalue weighted by Crippen LogP contribution is 2.31. The zero-order chi connectivity index (χ0) is 16.7. The first kappa shape index (κ1) is 14.5. The molecule has 0 fully saturated rings. The maximum Gasteiger partial charge on any atom is 0.160 e. The Morgan fingerprint density at radius 2 is 1.62 bits per heavy atom. The number of nitrogens with zero attached hydrogens (tertiary/aromatic N) is 4. The summed E-state index contributed by atoms with van der Waals surface area (Å²) in [5.41, 5.74) is 4.16. The molecule has 2 heterocycles. The minimum Gasteiger partial charge on any atom is -0.264 e. The van der Waals surface area contributed by atoms with E-state index >= 15 is 0 Å². The SMILES string of the molecule is Cc1nn(C)c2c(-c3ccccc3F)nc(-c3ccccc3)nc12. The molecule has 0 bridgehead atoms. The van der Waals surface area contributed by atoms with E-state index in [0.717, 1.165) is 22.3 Å². The second-order valence-electron chi connectivity index (χ2n) is 5.65. The lowest BCUT2D eigenvalue weighted by atomic mass is 10.1. The van der Waals surface area contributed by atoms with E-state index < -0.39 is 0 Å². The Morgan fingerprint density at radius 3 is 2.38 bits per heavy atom. The van der Waals surface area contributed by atoms with Gasteiger partial charge in [0.05, 0.1) is 5.69 Å². The molecule has 2 aromatic carbocycles. The Hall–Kier alpha value is -3.08. The molecule has 118 valence electrons. The molecule has 0 aliphatic rings. The number of aryl methyl sites for hydroxylation is 2. The van der Waals surface area contributed by atoms with Gasteiger partial charge in [-0.15, -0.1) is 0 Å². The maximum atomic E-state index is 14.4. The lowest BCUT2D eigenvalue weighted by molar-refractivity contribution is 0.630. The van der Waals surface area contributed by atoms with Crippen molar-refractivity contribution in [1.29, 1.82) is 0 Å². The predicted octanol–water partition coefficient (Wildman–Crippen LogP) is 4.14. The molecule has 0 spiro atoms. The van der Waals surface area contributed by atoms with Crippen LogP contribution in [0.4, 0.5) is 4.39 Å². The Morgan fingerprint density at radius 1 is 0.917 bits per heavy atom. The summed E-state index contributed by atoms with van der Waals surface area (Å²) in [4.78, 5) is 9.33. The molecule has 4 aromatic rings. The van der Waals surface area contributed by atoms with E-state index in [2.05, 4.69) is 15.1 Å². The fraction of sp³-hybridized carbons (Fsp3) is 0.105. The van der Waals surface area contributed by atoms with Crippen LogP contribution in [0.1, 0.15) is 5.69 Å². The molecule has 0 atom stereocenters. The quantitative estimate of drug-likeness (QED) is 0.558. The molecule has 0 unspecified atom stereocenters. The number of aromatic nitrogens is 4. The largest absolute Gasteiger partial charge is 0.264 e. The maximum absolute atomic E-state index is 14.4. The molecule has 0 aliphatic carbocycles. The first-order valence-electron chi connectivity index (χ1n) is 7.67. The van der Waals surface area contributed by atoms with Crippen LogP contribution in [0.2, 0.25) is 0 Å². The summed E-state index contributed by atoms with van der Waals surface area (Å²) in [7, 11) is 1.82. The first-order valence-corrected chi connectivity index (χ1v) is 7.67. The average molecular weight is 318 g/mol. The Labute approximate surface area is 138 Å². The van der Waals surface area contributed by atoms with Gasteiger partial charge >= 0.3 is 0 Å². The van der Waals surface area contributed by atoms with Crippen molar-refractivity contribution in [2.45, 2.75) is 6.92 Å². The standard InChI is InChI=1S/C19H15FN4/c1-12-16-18(24(2)23-12)17(14-10-6-7-11-15(14)20)22-19(21-16)13-8-4-3-5-9-13/h3-11H,1-2H3. The number of halogens is 1. The van der Waals surface area contributed by atoms with Gasteiger partial charge in [-0.3, -0.25) is 4.68 Å². The van der Waals surface area contributed by atoms with Crippen LogP contribution in [0.3, 0.4) is 0 Å². The third-order valence-electron chi connectivity index (χ3n) is 4.01. The Balaban J connectivity index is 2.09. The monoisotopic (exact) mass is 318 g/mol. The van der Waals surface area contributed by atoms with Crippen molar-refractivity contribution in [2.75, 3.05) is 0 Å². The highest BCUT2D eigenvalue weighted by atomic mass is 19.1. The number of benzene rings is 2. The third-order valence-corrected chi connectivity index (χ3v) is 4.01. The summed E-state index contributed by atoms with van der Waals surface area (Å²) in [5, 5.41) is 4.43. The van der Waals surface area contributed by atoms with E-state index in [9.17, 15) is 4.39 Å². The molecule has 0 saturated heterocycles. The van der Waals surface area contributed by atoms with Gasteiger partial charge in [-0.1, -0.05) is 42.5 Å². The van der Waals surface area contributed by atoms with Crippen LogP contribution in [0.15, 0.2) is 54.6 Å². The van der Waals surface area contributed by atoms with Gasteiger partial charge in [0.1, 0.15) is 22.5 Å². The van der Waals surface area contributed by atoms with Crippen molar-refractivity contribution in [3.05, 3.63) is 66.1 Å². The smallest absolute Gasteiger partial charge is 0.160 e. The number of fused-ring (bicyclic) bond motifs is 1. The lowest BCUT2D eigenvalue weighted by Gasteiger charge is -2.08. The highest BCUT2D eigenvalue weighted by molar-refractivity contribution is 5.92. The summed E-state index contributed by atoms with van der Waals surface area (Å²) < 4.78 is 16.1. The molecule has 0 radical (unpaired) electrons. The summed E-state index contributed by atoms with van der Waals surface area (Å²) in [6.45, 7) is 1.90. The van der Waals surface area contributed by atoms with Gasteiger partial charge in [0.2, 0.25) is 0 Å². The summed E-state index contributed by atoms with van der Waals surface area (Å²) in [5.74, 6) is 0.257. The zero-order valence-electron chi connectivity index (χ0n) is 13.4. The molecule has 5 heteroatoms. The van der Waals surface area contributed by atoms with E-state index in [1.54, 1.807) is 22.9 Å². The van der Waals surface area contributed by atoms with Crippen LogP contribution >= 0.6 is 0 Å². The fourth-order valence-corrected chi connectivity index (χ4v) is 2.89. The average Bonchev–Trinajstić information content (AvgIpc) is 2.90. The fourth-order valence-electron chi connectivity index (χ4n) is 2.89. The molecule has 0 N–H and O–H groups in total. The van der Waals surface area contributed by atoms with E-state index in [-0.39, 0.29) is 5.82 Å². The molecule has 0 amide bonds.